The third-order valence-corrected chi connectivity index (χ3v) is 8.46. The summed E-state index contributed by atoms with van der Waals surface area (Å²) in [7, 11) is 0. The van der Waals surface area contributed by atoms with Crippen LogP contribution in [0.15, 0.2) is 86.9 Å². The van der Waals surface area contributed by atoms with Crippen molar-refractivity contribution in [2.45, 2.75) is 65.4 Å². The average Bonchev–Trinajstić information content (AvgIpc) is 3.48. The number of nitrogens with one attached hydrogen (secondary N) is 1. The number of ether oxygens (including phenoxy) is 1. The molecule has 46 heavy (non-hydrogen) atoms. The van der Waals surface area contributed by atoms with Gasteiger partial charge in [0.05, 0.1) is 17.5 Å². The summed E-state index contributed by atoms with van der Waals surface area (Å²) in [5.74, 6) is 1.45. The summed E-state index contributed by atoms with van der Waals surface area (Å²) in [6.07, 6.45) is 4.05. The van der Waals surface area contributed by atoms with Gasteiger partial charge in [-0.2, -0.15) is 0 Å². The van der Waals surface area contributed by atoms with Crippen LogP contribution in [0.5, 0.6) is 5.75 Å². The van der Waals surface area contributed by atoms with E-state index in [1.807, 2.05) is 86.6 Å². The van der Waals surface area contributed by atoms with Crippen LogP contribution in [-0.2, 0) is 17.6 Å². The Balaban J connectivity index is 0.00000417. The molecule has 0 aliphatic heterocycles. The molecule has 1 N–H and O–H groups in total. The van der Waals surface area contributed by atoms with Crippen molar-refractivity contribution in [1.82, 2.24) is 19.7 Å². The van der Waals surface area contributed by atoms with E-state index < -0.39 is 5.76 Å². The van der Waals surface area contributed by atoms with Gasteiger partial charge in [-0.3, -0.25) is 23.7 Å². The van der Waals surface area contributed by atoms with Crippen LogP contribution in [0, 0.1) is 12.8 Å². The van der Waals surface area contributed by atoms with Crippen molar-refractivity contribution in [3.63, 3.8) is 0 Å². The topological polar surface area (TPSA) is 120 Å². The zero-order valence-electron chi connectivity index (χ0n) is 25.7. The SMILES string of the molecule is CCCc1nc(C)n(-c2ccc(OC3CCC(=O)C(C)C3)cc2)c(=O)c1Cc1ccc(-c2ccccc2-c2noc(=O)[nH]2)cc1.[KH]. The second-order valence-corrected chi connectivity index (χ2v) is 11.7. The van der Waals surface area contributed by atoms with E-state index in [1.54, 1.807) is 4.57 Å². The van der Waals surface area contributed by atoms with Gasteiger partial charge >= 0.3 is 57.1 Å². The fourth-order valence-electron chi connectivity index (χ4n) is 6.10. The maximum atomic E-state index is 14.1. The van der Waals surface area contributed by atoms with E-state index in [4.69, 9.17) is 14.2 Å². The molecule has 9 nitrogen and oxygen atoms in total. The molecule has 0 radical (unpaired) electrons. The molecule has 1 aliphatic carbocycles. The second kappa shape index (κ2) is 15.0. The number of carbonyl (C=O) groups is 1. The van der Waals surface area contributed by atoms with Crippen LogP contribution in [0.3, 0.4) is 0 Å². The number of rotatable bonds is 9. The first-order chi connectivity index (χ1) is 21.8. The minimum atomic E-state index is -0.604. The quantitative estimate of drug-likeness (QED) is 0.208. The number of benzene rings is 3. The van der Waals surface area contributed by atoms with Crippen LogP contribution < -0.4 is 16.1 Å². The van der Waals surface area contributed by atoms with Crippen molar-refractivity contribution in [3.8, 4) is 34.0 Å². The monoisotopic (exact) mass is 644 g/mol. The number of nitrogens with zero attached hydrogens (tertiary/aromatic N) is 3. The van der Waals surface area contributed by atoms with Crippen molar-refractivity contribution in [2.75, 3.05) is 0 Å². The molecule has 0 saturated heterocycles. The summed E-state index contributed by atoms with van der Waals surface area (Å²) in [6.45, 7) is 5.91. The third kappa shape index (κ3) is 7.42. The Kier molecular flexibility index (Phi) is 11.1. The Morgan fingerprint density at radius 2 is 1.70 bits per heavy atom. The Morgan fingerprint density at radius 3 is 2.35 bits per heavy atom. The molecule has 1 fully saturated rings. The number of ketones is 1. The zero-order chi connectivity index (χ0) is 31.5. The van der Waals surface area contributed by atoms with Crippen LogP contribution in [0.1, 0.15) is 62.2 Å². The van der Waals surface area contributed by atoms with Gasteiger partial charge in [0.1, 0.15) is 17.4 Å². The van der Waals surface area contributed by atoms with E-state index >= 15 is 0 Å². The summed E-state index contributed by atoms with van der Waals surface area (Å²) >= 11 is 0. The number of hydrogen-bond donors (Lipinski definition) is 1. The van der Waals surface area contributed by atoms with Gasteiger partial charge in [0.2, 0.25) is 0 Å². The molecule has 2 atom stereocenters. The number of aryl methyl sites for hydroxylation is 2. The molecule has 2 heterocycles. The van der Waals surface area contributed by atoms with E-state index in [0.717, 1.165) is 58.6 Å². The first kappa shape index (κ1) is 33.9. The molecule has 2 unspecified atom stereocenters. The number of aromatic amines is 1. The molecular weight excluding hydrogens is 608 g/mol. The maximum absolute atomic E-state index is 14.1. The minimum absolute atomic E-state index is 0. The molecule has 1 saturated carbocycles. The third-order valence-electron chi connectivity index (χ3n) is 8.46. The zero-order valence-corrected chi connectivity index (χ0v) is 25.7. The summed E-state index contributed by atoms with van der Waals surface area (Å²) in [5.41, 5.74) is 5.74. The predicted octanol–water partition coefficient (Wildman–Crippen LogP) is 5.58. The Bertz CT molecular complexity index is 1940. The molecule has 6 rings (SSSR count). The van der Waals surface area contributed by atoms with Gasteiger partial charge in [-0.15, -0.1) is 0 Å². The van der Waals surface area contributed by atoms with Crippen molar-refractivity contribution < 1.29 is 14.1 Å². The van der Waals surface area contributed by atoms with Gasteiger partial charge in [-0.1, -0.05) is 74.0 Å². The van der Waals surface area contributed by atoms with Crippen LogP contribution in [0.2, 0.25) is 0 Å². The number of Topliss-reactive ketones (excluding diaryl/α,β-unsaturated/α-hetero) is 1. The van der Waals surface area contributed by atoms with Gasteiger partial charge in [0.15, 0.2) is 5.82 Å². The van der Waals surface area contributed by atoms with Crippen LogP contribution in [0.25, 0.3) is 28.2 Å². The van der Waals surface area contributed by atoms with Crippen molar-refractivity contribution in [1.29, 1.82) is 0 Å². The van der Waals surface area contributed by atoms with Gasteiger partial charge in [-0.05, 0) is 67.1 Å². The first-order valence-electron chi connectivity index (χ1n) is 15.5. The number of carbonyl (C=O) groups excluding carboxylic acids is 1. The molecule has 0 bridgehead atoms. The normalized spacial score (nSPS) is 16.2. The van der Waals surface area contributed by atoms with E-state index in [0.29, 0.717) is 42.3 Å². The first-order valence-corrected chi connectivity index (χ1v) is 15.5. The number of hydrogen-bond acceptors (Lipinski definition) is 7. The van der Waals surface area contributed by atoms with Crippen molar-refractivity contribution in [2.24, 2.45) is 5.92 Å². The Labute approximate surface area is 309 Å². The molecule has 1 aliphatic rings. The predicted molar refractivity (Wildman–Crippen MR) is 179 cm³/mol. The summed E-state index contributed by atoms with van der Waals surface area (Å²) in [6, 6.07) is 23.2. The molecule has 5 aromatic rings. The van der Waals surface area contributed by atoms with Crippen molar-refractivity contribution >= 4 is 57.2 Å². The standard InChI is InChI=1S/C36H36N4O5.K.H/c1-4-7-32-31(21-24-10-12-25(13-11-24)29-8-5-6-9-30(29)34-38-36(43)45-39-34)35(42)40(23(3)37-32)26-14-16-27(17-15-26)44-28-18-19-33(41)22(2)20-28;;/h5-6,8-17,22,28H,4,7,18-21H2,1-3H3,(H,38,39,43);;. The van der Waals surface area contributed by atoms with Crippen LogP contribution in [0.4, 0.5) is 0 Å². The molecule has 3 aromatic carbocycles. The number of H-pyrrole nitrogens is 1. The average molecular weight is 645 g/mol. The molecular formula is C36H37KN4O5. The molecule has 2 aromatic heterocycles. The summed E-state index contributed by atoms with van der Waals surface area (Å²) < 4.78 is 12.6. The van der Waals surface area contributed by atoms with E-state index in [9.17, 15) is 14.4 Å². The van der Waals surface area contributed by atoms with Gasteiger partial charge < -0.3 is 4.74 Å². The van der Waals surface area contributed by atoms with Crippen LogP contribution >= 0.6 is 0 Å². The Hall–Kier alpha value is -3.41. The second-order valence-electron chi connectivity index (χ2n) is 11.7. The van der Waals surface area contributed by atoms with Gasteiger partial charge in [0.25, 0.3) is 5.56 Å². The van der Waals surface area contributed by atoms with Crippen LogP contribution in [-0.4, -0.2) is 83.0 Å². The summed E-state index contributed by atoms with van der Waals surface area (Å²) in [5, 5.41) is 3.85. The fourth-order valence-corrected chi connectivity index (χ4v) is 6.10. The molecule has 0 amide bonds. The van der Waals surface area contributed by atoms with Gasteiger partial charge in [0, 0.05) is 29.9 Å². The molecule has 0 spiro atoms. The van der Waals surface area contributed by atoms with E-state index in [-0.39, 0.29) is 69.0 Å². The van der Waals surface area contributed by atoms with E-state index in [2.05, 4.69) is 17.1 Å². The number of aromatic nitrogens is 4. The molecule has 10 heteroatoms. The van der Waals surface area contributed by atoms with E-state index in [1.165, 1.54) is 0 Å². The van der Waals surface area contributed by atoms with Gasteiger partial charge in [-0.25, -0.2) is 9.78 Å². The summed E-state index contributed by atoms with van der Waals surface area (Å²) in [4.78, 5) is 45.0. The Morgan fingerprint density at radius 1 is 0.978 bits per heavy atom. The molecule has 232 valence electrons. The van der Waals surface area contributed by atoms with Crippen molar-refractivity contribution in [3.05, 3.63) is 116 Å². The fraction of sp³-hybridized carbons (Fsp3) is 0.306.